The first kappa shape index (κ1) is 11.2. The van der Waals surface area contributed by atoms with E-state index in [1.54, 1.807) is 22.2 Å². The maximum Gasteiger partial charge on any atom is 0.250 e. The maximum atomic E-state index is 12.4. The van der Waals surface area contributed by atoms with E-state index in [4.69, 9.17) is 0 Å². The van der Waals surface area contributed by atoms with E-state index in [0.29, 0.717) is 0 Å². The second-order valence-electron chi connectivity index (χ2n) is 4.89. The van der Waals surface area contributed by atoms with E-state index in [2.05, 4.69) is 4.98 Å². The van der Waals surface area contributed by atoms with E-state index in [1.807, 2.05) is 13.0 Å². The van der Waals surface area contributed by atoms with Gasteiger partial charge in [-0.05, 0) is 31.4 Å². The lowest BCUT2D eigenvalue weighted by atomic mass is 10.1. The van der Waals surface area contributed by atoms with Crippen molar-refractivity contribution in [3.63, 3.8) is 0 Å². The number of carbonyl (C=O) groups excluding carboxylic acids is 2. The second kappa shape index (κ2) is 4.08. The van der Waals surface area contributed by atoms with Crippen LogP contribution in [0.3, 0.4) is 0 Å². The third-order valence-electron chi connectivity index (χ3n) is 3.59. The minimum Gasteiger partial charge on any atom is -0.329 e. The van der Waals surface area contributed by atoms with Gasteiger partial charge in [0.05, 0.1) is 11.9 Å². The lowest BCUT2D eigenvalue weighted by molar-refractivity contribution is -0.140. The molecule has 5 nitrogen and oxygen atoms in total. The minimum absolute atomic E-state index is 0.0273. The Morgan fingerprint density at radius 2 is 2.17 bits per heavy atom. The highest BCUT2D eigenvalue weighted by molar-refractivity contribution is 6.06. The number of carbonyl (C=O) groups is 2. The van der Waals surface area contributed by atoms with Gasteiger partial charge in [0, 0.05) is 12.7 Å². The van der Waals surface area contributed by atoms with Gasteiger partial charge in [-0.25, -0.2) is 0 Å². The standard InChI is InChI=1S/C13H15N3O2/c1-9-5-10(7-14-6-9)16-8-12(17)15-4-2-3-11(15)13(16)18/h5-7,11H,2-4,8H2,1H3. The number of aromatic nitrogens is 1. The summed E-state index contributed by atoms with van der Waals surface area (Å²) in [7, 11) is 0. The lowest BCUT2D eigenvalue weighted by Crippen LogP contribution is -2.57. The first-order valence-electron chi connectivity index (χ1n) is 6.19. The Hall–Kier alpha value is -1.91. The Balaban J connectivity index is 1.93. The number of nitrogens with zero attached hydrogens (tertiary/aromatic N) is 3. The predicted molar refractivity (Wildman–Crippen MR) is 66.1 cm³/mol. The van der Waals surface area contributed by atoms with Gasteiger partial charge in [-0.2, -0.15) is 0 Å². The van der Waals surface area contributed by atoms with Crippen molar-refractivity contribution < 1.29 is 9.59 Å². The summed E-state index contributed by atoms with van der Waals surface area (Å²) in [5.74, 6) is 0.0677. The van der Waals surface area contributed by atoms with Gasteiger partial charge in [0.2, 0.25) is 11.8 Å². The fraction of sp³-hybridized carbons (Fsp3) is 0.462. The quantitative estimate of drug-likeness (QED) is 0.733. The third-order valence-corrected chi connectivity index (χ3v) is 3.59. The van der Waals surface area contributed by atoms with Crippen molar-refractivity contribution in [1.82, 2.24) is 9.88 Å². The first-order valence-corrected chi connectivity index (χ1v) is 6.19. The molecular formula is C13H15N3O2. The number of amides is 2. The topological polar surface area (TPSA) is 53.5 Å². The van der Waals surface area contributed by atoms with Crippen LogP contribution in [0.2, 0.25) is 0 Å². The van der Waals surface area contributed by atoms with Gasteiger partial charge >= 0.3 is 0 Å². The number of aryl methyl sites for hydroxylation is 1. The molecule has 2 amide bonds. The zero-order valence-corrected chi connectivity index (χ0v) is 10.3. The number of piperazine rings is 1. The summed E-state index contributed by atoms with van der Waals surface area (Å²) in [4.78, 5) is 31.7. The van der Waals surface area contributed by atoms with Crippen LogP contribution < -0.4 is 4.90 Å². The molecule has 0 aromatic carbocycles. The first-order chi connectivity index (χ1) is 8.66. The molecule has 0 bridgehead atoms. The molecule has 1 aromatic rings. The minimum atomic E-state index is -0.258. The molecule has 0 spiro atoms. The smallest absolute Gasteiger partial charge is 0.250 e. The highest BCUT2D eigenvalue weighted by Gasteiger charge is 2.42. The van der Waals surface area contributed by atoms with Crippen molar-refractivity contribution in [2.45, 2.75) is 25.8 Å². The van der Waals surface area contributed by atoms with Gasteiger partial charge in [-0.1, -0.05) is 0 Å². The molecule has 18 heavy (non-hydrogen) atoms. The summed E-state index contributed by atoms with van der Waals surface area (Å²) in [5.41, 5.74) is 1.71. The zero-order chi connectivity index (χ0) is 12.7. The van der Waals surface area contributed by atoms with Crippen LogP contribution in [-0.2, 0) is 9.59 Å². The molecular weight excluding hydrogens is 230 g/mol. The number of hydrogen-bond acceptors (Lipinski definition) is 3. The number of pyridine rings is 1. The van der Waals surface area contributed by atoms with Gasteiger partial charge in [0.1, 0.15) is 12.6 Å². The van der Waals surface area contributed by atoms with Crippen LogP contribution in [-0.4, -0.2) is 40.8 Å². The van der Waals surface area contributed by atoms with Crippen LogP contribution in [0, 0.1) is 6.92 Å². The molecule has 0 N–H and O–H groups in total. The molecule has 0 saturated carbocycles. The Bertz CT molecular complexity index is 515. The van der Waals surface area contributed by atoms with Gasteiger partial charge in [-0.15, -0.1) is 0 Å². The average molecular weight is 245 g/mol. The maximum absolute atomic E-state index is 12.4. The van der Waals surface area contributed by atoms with E-state index >= 15 is 0 Å². The monoisotopic (exact) mass is 245 g/mol. The molecule has 2 fully saturated rings. The molecule has 5 heteroatoms. The summed E-state index contributed by atoms with van der Waals surface area (Å²) in [6.07, 6.45) is 5.08. The fourth-order valence-electron chi connectivity index (χ4n) is 2.71. The SMILES string of the molecule is Cc1cncc(N2CC(=O)N3CCCC3C2=O)c1. The van der Waals surface area contributed by atoms with E-state index in [-0.39, 0.29) is 24.4 Å². The Morgan fingerprint density at radius 1 is 1.33 bits per heavy atom. The third kappa shape index (κ3) is 1.66. The number of hydrogen-bond donors (Lipinski definition) is 0. The van der Waals surface area contributed by atoms with Crippen LogP contribution in [0.4, 0.5) is 5.69 Å². The van der Waals surface area contributed by atoms with Crippen LogP contribution in [0.1, 0.15) is 18.4 Å². The van der Waals surface area contributed by atoms with E-state index in [0.717, 1.165) is 30.6 Å². The van der Waals surface area contributed by atoms with Crippen molar-refractivity contribution in [3.8, 4) is 0 Å². The molecule has 1 unspecified atom stereocenters. The number of anilines is 1. The molecule has 2 saturated heterocycles. The summed E-state index contributed by atoms with van der Waals surface area (Å²) < 4.78 is 0. The fourth-order valence-corrected chi connectivity index (χ4v) is 2.71. The summed E-state index contributed by atoms with van der Waals surface area (Å²) in [6.45, 7) is 2.78. The van der Waals surface area contributed by atoms with Crippen molar-refractivity contribution in [2.75, 3.05) is 18.0 Å². The van der Waals surface area contributed by atoms with Crippen LogP contribution in [0.25, 0.3) is 0 Å². The lowest BCUT2D eigenvalue weighted by Gasteiger charge is -2.36. The normalized spacial score (nSPS) is 23.5. The van der Waals surface area contributed by atoms with Crippen molar-refractivity contribution in [2.24, 2.45) is 0 Å². The second-order valence-corrected chi connectivity index (χ2v) is 4.89. The highest BCUT2D eigenvalue weighted by atomic mass is 16.2. The molecule has 3 heterocycles. The molecule has 3 rings (SSSR count). The van der Waals surface area contributed by atoms with Crippen molar-refractivity contribution >= 4 is 17.5 Å². The predicted octanol–water partition coefficient (Wildman–Crippen LogP) is 0.728. The largest absolute Gasteiger partial charge is 0.329 e. The van der Waals surface area contributed by atoms with E-state index < -0.39 is 0 Å². The average Bonchev–Trinajstić information content (AvgIpc) is 2.83. The number of rotatable bonds is 1. The van der Waals surface area contributed by atoms with Gasteiger partial charge in [-0.3, -0.25) is 19.5 Å². The number of fused-ring (bicyclic) bond motifs is 1. The van der Waals surface area contributed by atoms with Gasteiger partial charge < -0.3 is 4.90 Å². The Labute approximate surface area is 105 Å². The zero-order valence-electron chi connectivity index (χ0n) is 10.3. The van der Waals surface area contributed by atoms with E-state index in [1.165, 1.54) is 0 Å². The van der Waals surface area contributed by atoms with Gasteiger partial charge in [0.25, 0.3) is 0 Å². The summed E-state index contributed by atoms with van der Waals surface area (Å²) in [6, 6.07) is 1.63. The molecule has 94 valence electrons. The van der Waals surface area contributed by atoms with E-state index in [9.17, 15) is 9.59 Å². The summed E-state index contributed by atoms with van der Waals surface area (Å²) >= 11 is 0. The van der Waals surface area contributed by atoms with Crippen molar-refractivity contribution in [1.29, 1.82) is 0 Å². The Kier molecular flexibility index (Phi) is 2.54. The van der Waals surface area contributed by atoms with Crippen LogP contribution in [0.15, 0.2) is 18.5 Å². The highest BCUT2D eigenvalue weighted by Crippen LogP contribution is 2.27. The molecule has 0 aliphatic carbocycles. The van der Waals surface area contributed by atoms with Crippen LogP contribution >= 0.6 is 0 Å². The molecule has 2 aliphatic heterocycles. The molecule has 0 radical (unpaired) electrons. The molecule has 1 atom stereocenters. The molecule has 1 aromatic heterocycles. The Morgan fingerprint density at radius 3 is 2.94 bits per heavy atom. The summed E-state index contributed by atoms with van der Waals surface area (Å²) in [5, 5.41) is 0. The van der Waals surface area contributed by atoms with Crippen LogP contribution in [0.5, 0.6) is 0 Å². The van der Waals surface area contributed by atoms with Crippen molar-refractivity contribution in [3.05, 3.63) is 24.0 Å². The molecule has 2 aliphatic rings. The van der Waals surface area contributed by atoms with Gasteiger partial charge in [0.15, 0.2) is 0 Å².